The van der Waals surface area contributed by atoms with E-state index in [1.54, 1.807) is 0 Å². The Morgan fingerprint density at radius 3 is 1.93 bits per heavy atom. The third-order valence-corrected chi connectivity index (χ3v) is 5.89. The van der Waals surface area contributed by atoms with Gasteiger partial charge in [0, 0.05) is 50.1 Å². The first-order valence-corrected chi connectivity index (χ1v) is 12.0. The van der Waals surface area contributed by atoms with Crippen LogP contribution in [-0.4, -0.2) is 72.7 Å². The average Bonchev–Trinajstić information content (AvgIpc) is 2.75. The van der Waals surface area contributed by atoms with Crippen LogP contribution in [0.1, 0.15) is 64.2 Å². The lowest BCUT2D eigenvalue weighted by Gasteiger charge is -2.34. The van der Waals surface area contributed by atoms with Crippen molar-refractivity contribution in [1.29, 1.82) is 0 Å². The molecule has 1 saturated heterocycles. The van der Waals surface area contributed by atoms with Crippen molar-refractivity contribution in [3.05, 3.63) is 12.7 Å². The summed E-state index contributed by atoms with van der Waals surface area (Å²) in [4.78, 5) is 16.0. The number of hydrogen-bond donors (Lipinski definition) is 1. The maximum absolute atomic E-state index is 10.9. The molecule has 0 amide bonds. The molecular weight excluding hydrogens is 392 g/mol. The summed E-state index contributed by atoms with van der Waals surface area (Å²) in [6, 6.07) is 0. The topological polar surface area (TPSA) is 71.5 Å². The molecule has 1 aliphatic rings. The van der Waals surface area contributed by atoms with Crippen LogP contribution in [0.2, 0.25) is 0 Å². The number of unbranched alkanes of at least 4 members (excludes halogenated alkanes) is 8. The minimum Gasteiger partial charge on any atom is -0.463 e. The number of carbonyl (C=O) groups is 1. The van der Waals surface area contributed by atoms with Gasteiger partial charge in [0.25, 0.3) is 0 Å². The minimum atomic E-state index is -0.317. The van der Waals surface area contributed by atoms with E-state index in [2.05, 4.69) is 25.8 Å². The van der Waals surface area contributed by atoms with Crippen LogP contribution in [0.3, 0.4) is 0 Å². The fraction of sp³-hybridized carbons (Fsp3) is 0.857. The van der Waals surface area contributed by atoms with Crippen molar-refractivity contribution in [2.45, 2.75) is 64.2 Å². The molecule has 170 valence electrons. The summed E-state index contributed by atoms with van der Waals surface area (Å²) < 4.78 is 9.35. The Kier molecular flexibility index (Phi) is 17.6. The molecule has 0 saturated carbocycles. The van der Waals surface area contributed by atoms with Gasteiger partial charge in [-0.3, -0.25) is 0 Å². The zero-order chi connectivity index (χ0) is 21.0. The molecule has 1 aliphatic heterocycles. The van der Waals surface area contributed by atoms with Crippen molar-refractivity contribution in [1.82, 2.24) is 9.80 Å². The van der Waals surface area contributed by atoms with Crippen LogP contribution in [0.15, 0.2) is 12.7 Å². The smallest absolute Gasteiger partial charge is 0.330 e. The Labute approximate surface area is 180 Å². The average molecular weight is 433 g/mol. The highest BCUT2D eigenvalue weighted by Crippen LogP contribution is 2.11. The van der Waals surface area contributed by atoms with Crippen LogP contribution in [0.25, 0.3) is 0 Å². The third-order valence-electron chi connectivity index (χ3n) is 5.28. The fourth-order valence-corrected chi connectivity index (χ4v) is 3.90. The van der Waals surface area contributed by atoms with E-state index in [4.69, 9.17) is 9.99 Å². The summed E-state index contributed by atoms with van der Waals surface area (Å²) in [6.45, 7) is 10.9. The van der Waals surface area contributed by atoms with Crippen molar-refractivity contribution in [3.8, 4) is 0 Å². The predicted octanol–water partition coefficient (Wildman–Crippen LogP) is 4.30. The van der Waals surface area contributed by atoms with Gasteiger partial charge in [-0.2, -0.15) is 0 Å². The quantitative estimate of drug-likeness (QED) is 0.0809. The van der Waals surface area contributed by atoms with E-state index < -0.39 is 0 Å². The molecule has 1 fully saturated rings. The minimum absolute atomic E-state index is 0.317. The molecule has 1 rings (SSSR count). The molecule has 0 unspecified atom stereocenters. The number of piperazine rings is 1. The van der Waals surface area contributed by atoms with Gasteiger partial charge in [-0.1, -0.05) is 56.6 Å². The summed E-state index contributed by atoms with van der Waals surface area (Å²) in [6.07, 6.45) is 13.5. The highest BCUT2D eigenvalue weighted by atomic mass is 32.2. The van der Waals surface area contributed by atoms with E-state index in [9.17, 15) is 4.79 Å². The summed E-state index contributed by atoms with van der Waals surface area (Å²) in [5.41, 5.74) is 0. The molecule has 1 N–H and O–H groups in total. The SMILES string of the molecule is C=CC(=O)OCCCCCCCCCCCN1CCN(CCCSOOO)CC1. The maximum Gasteiger partial charge on any atom is 0.330 e. The lowest BCUT2D eigenvalue weighted by Crippen LogP contribution is -2.46. The number of esters is 1. The number of hydrogen-bond acceptors (Lipinski definition) is 8. The molecule has 0 radical (unpaired) electrons. The van der Waals surface area contributed by atoms with Gasteiger partial charge < -0.3 is 14.5 Å². The van der Waals surface area contributed by atoms with Gasteiger partial charge in [0.2, 0.25) is 0 Å². The van der Waals surface area contributed by atoms with Crippen LogP contribution in [-0.2, 0) is 18.9 Å². The Bertz CT molecular complexity index is 407. The van der Waals surface area contributed by atoms with Gasteiger partial charge in [-0.25, -0.2) is 10.1 Å². The zero-order valence-corrected chi connectivity index (χ0v) is 18.7. The van der Waals surface area contributed by atoms with Crippen LogP contribution < -0.4 is 0 Å². The molecule has 0 bridgehead atoms. The lowest BCUT2D eigenvalue weighted by atomic mass is 10.1. The monoisotopic (exact) mass is 432 g/mol. The Morgan fingerprint density at radius 2 is 1.38 bits per heavy atom. The van der Waals surface area contributed by atoms with Crippen molar-refractivity contribution >= 4 is 18.0 Å². The van der Waals surface area contributed by atoms with E-state index in [1.807, 2.05) is 0 Å². The highest BCUT2D eigenvalue weighted by molar-refractivity contribution is 7.94. The second kappa shape index (κ2) is 19.3. The van der Waals surface area contributed by atoms with Crippen molar-refractivity contribution in [2.24, 2.45) is 0 Å². The van der Waals surface area contributed by atoms with E-state index in [1.165, 1.54) is 70.7 Å². The first-order valence-electron chi connectivity index (χ1n) is 11.1. The van der Waals surface area contributed by atoms with Crippen LogP contribution in [0.4, 0.5) is 0 Å². The van der Waals surface area contributed by atoms with E-state index >= 15 is 0 Å². The third kappa shape index (κ3) is 15.8. The molecule has 0 aromatic carbocycles. The molecule has 7 nitrogen and oxygen atoms in total. The first-order chi connectivity index (χ1) is 14.3. The standard InChI is InChI=1S/C21H40N2O5S/c1-2-21(24)26-19-11-9-7-5-3-4-6-8-10-13-22-15-17-23(18-16-22)14-12-20-29-28-27-25/h2,25H,1,3-20H2. The van der Waals surface area contributed by atoms with Gasteiger partial charge in [-0.15, -0.1) is 4.33 Å². The molecular formula is C21H40N2O5S. The van der Waals surface area contributed by atoms with Crippen molar-refractivity contribution in [2.75, 3.05) is 51.6 Å². The lowest BCUT2D eigenvalue weighted by molar-refractivity contribution is -0.432. The predicted molar refractivity (Wildman–Crippen MR) is 117 cm³/mol. The van der Waals surface area contributed by atoms with Gasteiger partial charge in [-0.05, 0) is 32.4 Å². The number of ether oxygens (including phenoxy) is 1. The largest absolute Gasteiger partial charge is 0.463 e. The molecule has 0 aromatic heterocycles. The Hall–Kier alpha value is -0.640. The van der Waals surface area contributed by atoms with E-state index in [-0.39, 0.29) is 5.97 Å². The Balaban J connectivity index is 1.80. The zero-order valence-electron chi connectivity index (χ0n) is 17.9. The van der Waals surface area contributed by atoms with Crippen LogP contribution in [0, 0.1) is 0 Å². The van der Waals surface area contributed by atoms with E-state index in [0.717, 1.165) is 56.7 Å². The number of carbonyl (C=O) groups excluding carboxylic acids is 1. The highest BCUT2D eigenvalue weighted by Gasteiger charge is 2.15. The molecule has 0 atom stereocenters. The second-order valence-electron chi connectivity index (χ2n) is 7.55. The van der Waals surface area contributed by atoms with Crippen molar-refractivity contribution in [3.63, 3.8) is 0 Å². The van der Waals surface area contributed by atoms with Gasteiger partial charge in [0.15, 0.2) is 0 Å². The van der Waals surface area contributed by atoms with Crippen molar-refractivity contribution < 1.29 is 24.2 Å². The van der Waals surface area contributed by atoms with Crippen LogP contribution in [0.5, 0.6) is 0 Å². The molecule has 29 heavy (non-hydrogen) atoms. The molecule has 1 heterocycles. The first kappa shape index (κ1) is 26.4. The number of nitrogens with zero attached hydrogens (tertiary/aromatic N) is 2. The number of rotatable bonds is 19. The van der Waals surface area contributed by atoms with E-state index in [0.29, 0.717) is 6.61 Å². The fourth-order valence-electron chi connectivity index (χ4n) is 3.55. The van der Waals surface area contributed by atoms with Gasteiger partial charge in [0.05, 0.1) is 6.61 Å². The Morgan fingerprint density at radius 1 is 0.862 bits per heavy atom. The molecule has 0 spiro atoms. The molecule has 8 heteroatoms. The second-order valence-corrected chi connectivity index (χ2v) is 8.34. The van der Waals surface area contributed by atoms with Gasteiger partial charge >= 0.3 is 5.97 Å². The van der Waals surface area contributed by atoms with Gasteiger partial charge in [0.1, 0.15) is 0 Å². The normalized spacial score (nSPS) is 15.5. The summed E-state index contributed by atoms with van der Waals surface area (Å²) in [5, 5.41) is 11.6. The maximum atomic E-state index is 10.9. The molecule has 0 aromatic rings. The summed E-state index contributed by atoms with van der Waals surface area (Å²) in [7, 11) is 0. The molecule has 0 aliphatic carbocycles. The summed E-state index contributed by atoms with van der Waals surface area (Å²) in [5.74, 6) is 0.508. The summed E-state index contributed by atoms with van der Waals surface area (Å²) >= 11 is 1.14. The van der Waals surface area contributed by atoms with Crippen LogP contribution >= 0.6 is 12.0 Å².